The Morgan fingerprint density at radius 2 is 2.00 bits per heavy atom. The Bertz CT molecular complexity index is 1330. The molecule has 7 heteroatoms. The average Bonchev–Trinajstić information content (AvgIpc) is 3.18. The predicted molar refractivity (Wildman–Crippen MR) is 122 cm³/mol. The lowest BCUT2D eigenvalue weighted by atomic mass is 9.90. The third-order valence-electron chi connectivity index (χ3n) is 5.95. The van der Waals surface area contributed by atoms with E-state index in [0.717, 1.165) is 39.1 Å². The van der Waals surface area contributed by atoms with Crippen molar-refractivity contribution in [3.05, 3.63) is 77.1 Å². The summed E-state index contributed by atoms with van der Waals surface area (Å²) in [5.41, 5.74) is 13.0. The third kappa shape index (κ3) is 3.30. The largest absolute Gasteiger partial charge is 0.482 e. The summed E-state index contributed by atoms with van der Waals surface area (Å²) in [4.78, 5) is 8.54. The van der Waals surface area contributed by atoms with E-state index in [0.29, 0.717) is 30.1 Å². The lowest BCUT2D eigenvalue weighted by Gasteiger charge is -2.23. The van der Waals surface area contributed by atoms with E-state index in [1.165, 1.54) is 6.20 Å². The van der Waals surface area contributed by atoms with Gasteiger partial charge in [0.1, 0.15) is 11.9 Å². The highest BCUT2D eigenvalue weighted by molar-refractivity contribution is 5.74. The molecule has 1 aliphatic rings. The van der Waals surface area contributed by atoms with Crippen LogP contribution in [0.2, 0.25) is 0 Å². The van der Waals surface area contributed by atoms with Gasteiger partial charge < -0.3 is 10.5 Å². The number of anilines is 1. The summed E-state index contributed by atoms with van der Waals surface area (Å²) in [5.74, 6) is 0.445. The van der Waals surface area contributed by atoms with Crippen molar-refractivity contribution >= 4 is 5.82 Å². The van der Waals surface area contributed by atoms with Crippen molar-refractivity contribution in [3.63, 3.8) is 0 Å². The molecule has 2 N–H and O–H groups in total. The first-order chi connectivity index (χ1) is 15.5. The number of aryl methyl sites for hydroxylation is 2. The van der Waals surface area contributed by atoms with E-state index >= 15 is 4.39 Å². The number of nitrogen functional groups attached to an aromatic ring is 1. The number of benzene rings is 1. The van der Waals surface area contributed by atoms with Crippen molar-refractivity contribution in [1.29, 1.82) is 0 Å². The number of ether oxygens (including phenoxy) is 1. The van der Waals surface area contributed by atoms with Gasteiger partial charge in [-0.3, -0.25) is 9.67 Å². The van der Waals surface area contributed by atoms with Gasteiger partial charge in [-0.05, 0) is 38.0 Å². The monoisotopic (exact) mass is 429 g/mol. The van der Waals surface area contributed by atoms with Crippen molar-refractivity contribution < 1.29 is 9.13 Å². The first-order valence-electron chi connectivity index (χ1n) is 10.7. The van der Waals surface area contributed by atoms with Crippen LogP contribution in [0.15, 0.2) is 49.1 Å². The van der Waals surface area contributed by atoms with Gasteiger partial charge in [-0.2, -0.15) is 5.10 Å². The highest BCUT2D eigenvalue weighted by Crippen LogP contribution is 2.39. The molecule has 1 atom stereocenters. The van der Waals surface area contributed by atoms with Gasteiger partial charge in [-0.15, -0.1) is 0 Å². The Kier molecular flexibility index (Phi) is 4.89. The minimum absolute atomic E-state index is 0.312. The van der Waals surface area contributed by atoms with Crippen LogP contribution < -0.4 is 10.5 Å². The zero-order chi connectivity index (χ0) is 22.4. The molecule has 32 heavy (non-hydrogen) atoms. The van der Waals surface area contributed by atoms with Crippen LogP contribution in [0.4, 0.5) is 10.2 Å². The van der Waals surface area contributed by atoms with Crippen molar-refractivity contribution in [2.45, 2.75) is 39.8 Å². The Hall–Kier alpha value is -3.74. The highest BCUT2D eigenvalue weighted by Gasteiger charge is 2.24. The average molecular weight is 429 g/mol. The Balaban J connectivity index is 1.84. The molecule has 0 radical (unpaired) electrons. The molecule has 4 aromatic rings. The van der Waals surface area contributed by atoms with Gasteiger partial charge in [-0.25, -0.2) is 9.37 Å². The molecular formula is C25H24FN5O. The number of nitrogens with two attached hydrogens (primary N) is 1. The van der Waals surface area contributed by atoms with Crippen molar-refractivity contribution in [2.24, 2.45) is 0 Å². The van der Waals surface area contributed by atoms with E-state index in [1.54, 1.807) is 12.4 Å². The van der Waals surface area contributed by atoms with Crippen LogP contribution in [-0.4, -0.2) is 19.7 Å². The van der Waals surface area contributed by atoms with Crippen LogP contribution in [0.3, 0.4) is 0 Å². The maximum absolute atomic E-state index is 15.3. The summed E-state index contributed by atoms with van der Waals surface area (Å²) in [6.07, 6.45) is 6.67. The molecule has 6 nitrogen and oxygen atoms in total. The molecule has 0 aliphatic carbocycles. The summed E-state index contributed by atoms with van der Waals surface area (Å²) in [5, 5.41) is 4.55. The molecule has 162 valence electrons. The van der Waals surface area contributed by atoms with Crippen LogP contribution in [0.5, 0.6) is 5.75 Å². The summed E-state index contributed by atoms with van der Waals surface area (Å²) in [6, 6.07) is 7.88. The third-order valence-corrected chi connectivity index (χ3v) is 5.95. The highest BCUT2D eigenvalue weighted by atomic mass is 19.1. The molecule has 0 fully saturated rings. The SMILES string of the molecule is CCn1ncc2c1-c1cnc(N)c(c1)O[C@H](C)c1cc(C)ccc1-c1c(F)cncc1C2. The quantitative estimate of drug-likeness (QED) is 0.455. The van der Waals surface area contributed by atoms with Gasteiger partial charge in [0.05, 0.1) is 18.1 Å². The first-order valence-corrected chi connectivity index (χ1v) is 10.7. The van der Waals surface area contributed by atoms with Crippen LogP contribution >= 0.6 is 0 Å². The van der Waals surface area contributed by atoms with Crippen LogP contribution in [-0.2, 0) is 13.0 Å². The Morgan fingerprint density at radius 1 is 1.16 bits per heavy atom. The summed E-state index contributed by atoms with van der Waals surface area (Å²) >= 11 is 0. The number of pyridine rings is 2. The Labute approximate surface area is 185 Å². The van der Waals surface area contributed by atoms with Crippen molar-refractivity contribution in [2.75, 3.05) is 5.73 Å². The normalized spacial score (nSPS) is 14.9. The molecule has 3 aromatic heterocycles. The van der Waals surface area contributed by atoms with E-state index in [1.807, 2.05) is 55.9 Å². The number of nitrogens with zero attached hydrogens (tertiary/aromatic N) is 4. The topological polar surface area (TPSA) is 78.9 Å². The maximum atomic E-state index is 15.3. The number of rotatable bonds is 1. The molecule has 2 bridgehead atoms. The van der Waals surface area contributed by atoms with Crippen LogP contribution in [0.25, 0.3) is 22.4 Å². The number of hydrogen-bond acceptors (Lipinski definition) is 5. The molecule has 0 spiro atoms. The molecule has 0 unspecified atom stereocenters. The zero-order valence-electron chi connectivity index (χ0n) is 18.3. The lowest BCUT2D eigenvalue weighted by molar-refractivity contribution is 0.228. The fraction of sp³-hybridized carbons (Fsp3) is 0.240. The van der Waals surface area contributed by atoms with E-state index in [2.05, 4.69) is 15.1 Å². The van der Waals surface area contributed by atoms with Crippen LogP contribution in [0, 0.1) is 12.7 Å². The second kappa shape index (κ2) is 7.75. The van der Waals surface area contributed by atoms with Gasteiger partial charge in [-0.1, -0.05) is 23.8 Å². The van der Waals surface area contributed by atoms with Gasteiger partial charge in [0, 0.05) is 47.6 Å². The molecular weight excluding hydrogens is 405 g/mol. The molecule has 4 heterocycles. The molecule has 0 amide bonds. The summed E-state index contributed by atoms with van der Waals surface area (Å²) in [6.45, 7) is 6.66. The van der Waals surface area contributed by atoms with E-state index in [4.69, 9.17) is 10.5 Å². The van der Waals surface area contributed by atoms with Gasteiger partial charge >= 0.3 is 0 Å². The van der Waals surface area contributed by atoms with E-state index in [-0.39, 0.29) is 11.9 Å². The molecule has 0 saturated heterocycles. The number of hydrogen-bond donors (Lipinski definition) is 1. The second-order valence-corrected chi connectivity index (χ2v) is 8.12. The summed E-state index contributed by atoms with van der Waals surface area (Å²) in [7, 11) is 0. The molecule has 1 aromatic carbocycles. The minimum atomic E-state index is -0.375. The van der Waals surface area contributed by atoms with Gasteiger partial charge in [0.2, 0.25) is 0 Å². The fourth-order valence-electron chi connectivity index (χ4n) is 4.42. The molecule has 5 rings (SSSR count). The van der Waals surface area contributed by atoms with Gasteiger partial charge in [0.25, 0.3) is 0 Å². The maximum Gasteiger partial charge on any atom is 0.166 e. The van der Waals surface area contributed by atoms with Crippen molar-refractivity contribution in [3.8, 4) is 28.1 Å². The lowest BCUT2D eigenvalue weighted by Crippen LogP contribution is -2.10. The predicted octanol–water partition coefficient (Wildman–Crippen LogP) is 5.10. The first kappa shape index (κ1) is 20.2. The molecule has 0 saturated carbocycles. The van der Waals surface area contributed by atoms with Crippen molar-refractivity contribution in [1.82, 2.24) is 19.7 Å². The Morgan fingerprint density at radius 3 is 2.81 bits per heavy atom. The summed E-state index contributed by atoms with van der Waals surface area (Å²) < 4.78 is 23.5. The van der Waals surface area contributed by atoms with E-state index < -0.39 is 0 Å². The zero-order valence-corrected chi connectivity index (χ0v) is 18.3. The number of halogens is 1. The van der Waals surface area contributed by atoms with E-state index in [9.17, 15) is 0 Å². The number of fused-ring (bicyclic) bond motifs is 7. The second-order valence-electron chi connectivity index (χ2n) is 8.12. The fourth-order valence-corrected chi connectivity index (χ4v) is 4.42. The minimum Gasteiger partial charge on any atom is -0.482 e. The van der Waals surface area contributed by atoms with Gasteiger partial charge in [0.15, 0.2) is 11.6 Å². The smallest absolute Gasteiger partial charge is 0.166 e. The standard InChI is InChI=1S/C25H24FN5O/c1-4-31-24-17(12-30-31)8-16-10-28-13-21(26)23(16)19-6-5-14(2)7-20(19)15(3)32-22-9-18(24)11-29-25(22)27/h5-7,9-13,15H,4,8H2,1-3H3,(H2,27,29)/t15-/m1/s1. The van der Waals surface area contributed by atoms with Crippen LogP contribution in [0.1, 0.15) is 42.2 Å². The number of aromatic nitrogens is 4. The molecule has 1 aliphatic heterocycles.